The number of sulfonamides is 1. The summed E-state index contributed by atoms with van der Waals surface area (Å²) in [7, 11) is -3.56. The van der Waals surface area contributed by atoms with Crippen LogP contribution < -0.4 is 9.62 Å². The van der Waals surface area contributed by atoms with Crippen LogP contribution in [0.25, 0.3) is 0 Å². The summed E-state index contributed by atoms with van der Waals surface area (Å²) in [5.41, 5.74) is 0.406. The second-order valence-corrected chi connectivity index (χ2v) is 8.94. The van der Waals surface area contributed by atoms with E-state index < -0.39 is 10.0 Å². The topological polar surface area (TPSA) is 66.5 Å². The van der Waals surface area contributed by atoms with Crippen LogP contribution in [0.1, 0.15) is 25.7 Å². The summed E-state index contributed by atoms with van der Waals surface area (Å²) in [6.07, 6.45) is 5.73. The number of carbonyl (C=O) groups excluding carboxylic acids is 1. The molecule has 2 bridgehead atoms. The molecule has 0 aliphatic heterocycles. The monoisotopic (exact) mass is 356 g/mol. The van der Waals surface area contributed by atoms with Crippen molar-refractivity contribution in [3.63, 3.8) is 0 Å². The molecule has 2 fully saturated rings. The van der Waals surface area contributed by atoms with E-state index in [-0.39, 0.29) is 18.5 Å². The van der Waals surface area contributed by atoms with Gasteiger partial charge in [0.15, 0.2) is 0 Å². The fourth-order valence-corrected chi connectivity index (χ4v) is 4.87. The summed E-state index contributed by atoms with van der Waals surface area (Å²) in [5, 5.41) is 3.45. The van der Waals surface area contributed by atoms with E-state index in [0.29, 0.717) is 16.6 Å². The Balaban J connectivity index is 1.70. The Morgan fingerprint density at radius 1 is 1.35 bits per heavy atom. The lowest BCUT2D eigenvalue weighted by Crippen LogP contribution is -2.45. The van der Waals surface area contributed by atoms with Gasteiger partial charge in [0.05, 0.1) is 11.9 Å². The molecule has 2 saturated carbocycles. The maximum atomic E-state index is 12.3. The highest BCUT2D eigenvalue weighted by Crippen LogP contribution is 2.44. The van der Waals surface area contributed by atoms with Gasteiger partial charge in [-0.15, -0.1) is 0 Å². The minimum atomic E-state index is -3.56. The van der Waals surface area contributed by atoms with Crippen LogP contribution in [0.15, 0.2) is 24.3 Å². The molecule has 0 aromatic heterocycles. The van der Waals surface area contributed by atoms with Crippen molar-refractivity contribution in [2.75, 3.05) is 17.1 Å². The molecule has 1 amide bonds. The smallest absolute Gasteiger partial charge is 0.241 e. The number of hydrogen-bond acceptors (Lipinski definition) is 3. The summed E-state index contributed by atoms with van der Waals surface area (Å²) in [6, 6.07) is 6.72. The normalized spacial score (nSPS) is 26.3. The van der Waals surface area contributed by atoms with E-state index in [0.717, 1.165) is 22.9 Å². The molecule has 7 heteroatoms. The maximum Gasteiger partial charge on any atom is 0.241 e. The predicted octanol–water partition coefficient (Wildman–Crippen LogP) is 2.41. The molecule has 2 aliphatic rings. The molecule has 0 saturated heterocycles. The minimum absolute atomic E-state index is 0.196. The number of halogens is 1. The van der Waals surface area contributed by atoms with Crippen molar-refractivity contribution in [3.8, 4) is 0 Å². The number of hydrogen-bond donors (Lipinski definition) is 1. The third-order valence-electron chi connectivity index (χ3n) is 4.87. The highest BCUT2D eigenvalue weighted by atomic mass is 35.5. The van der Waals surface area contributed by atoms with Crippen LogP contribution in [0.5, 0.6) is 0 Å². The number of amides is 1. The second-order valence-electron chi connectivity index (χ2n) is 6.60. The van der Waals surface area contributed by atoms with Crippen molar-refractivity contribution < 1.29 is 13.2 Å². The van der Waals surface area contributed by atoms with Crippen molar-refractivity contribution in [2.24, 2.45) is 11.8 Å². The van der Waals surface area contributed by atoms with Crippen molar-refractivity contribution in [2.45, 2.75) is 31.7 Å². The largest absolute Gasteiger partial charge is 0.352 e. The first kappa shape index (κ1) is 16.6. The highest BCUT2D eigenvalue weighted by molar-refractivity contribution is 7.92. The van der Waals surface area contributed by atoms with Crippen LogP contribution in [-0.2, 0) is 14.8 Å². The van der Waals surface area contributed by atoms with Crippen molar-refractivity contribution >= 4 is 33.2 Å². The molecule has 5 nitrogen and oxygen atoms in total. The Hall–Kier alpha value is -1.27. The highest BCUT2D eigenvalue weighted by Gasteiger charge is 2.40. The van der Waals surface area contributed by atoms with Crippen LogP contribution in [0.4, 0.5) is 5.69 Å². The first-order valence-electron chi connectivity index (χ1n) is 7.85. The van der Waals surface area contributed by atoms with Gasteiger partial charge >= 0.3 is 0 Å². The average Bonchev–Trinajstić information content (AvgIpc) is 3.06. The number of rotatable bonds is 5. The third-order valence-corrected chi connectivity index (χ3v) is 6.24. The average molecular weight is 357 g/mol. The fraction of sp³-hybridized carbons (Fsp3) is 0.562. The van der Waals surface area contributed by atoms with E-state index in [2.05, 4.69) is 5.32 Å². The SMILES string of the molecule is CS(=O)(=O)N(CC(=O)N[C@H]1C[C@@H]2CC[C@@H]1C2)c1cccc(Cl)c1. The van der Waals surface area contributed by atoms with Crippen LogP contribution >= 0.6 is 11.6 Å². The molecule has 2 aliphatic carbocycles. The summed E-state index contributed by atoms with van der Waals surface area (Å²) >= 11 is 5.93. The second kappa shape index (κ2) is 6.32. The molecule has 126 valence electrons. The Morgan fingerprint density at radius 2 is 2.13 bits per heavy atom. The van der Waals surface area contributed by atoms with Crippen molar-refractivity contribution in [1.29, 1.82) is 0 Å². The van der Waals surface area contributed by atoms with E-state index in [4.69, 9.17) is 11.6 Å². The van der Waals surface area contributed by atoms with Crippen LogP contribution in [0.3, 0.4) is 0 Å². The molecular formula is C16H21ClN2O3S. The first-order chi connectivity index (χ1) is 10.8. The fourth-order valence-electron chi connectivity index (χ4n) is 3.84. The van der Waals surface area contributed by atoms with Gasteiger partial charge in [0.1, 0.15) is 6.54 Å². The molecule has 23 heavy (non-hydrogen) atoms. The molecular weight excluding hydrogens is 336 g/mol. The Labute approximate surface area is 142 Å². The molecule has 0 unspecified atom stereocenters. The van der Waals surface area contributed by atoms with E-state index in [1.807, 2.05) is 0 Å². The van der Waals surface area contributed by atoms with E-state index in [9.17, 15) is 13.2 Å². The zero-order valence-corrected chi connectivity index (χ0v) is 14.6. The van der Waals surface area contributed by atoms with Crippen molar-refractivity contribution in [1.82, 2.24) is 5.32 Å². The molecule has 3 atom stereocenters. The summed E-state index contributed by atoms with van der Waals surface area (Å²) < 4.78 is 25.2. The summed E-state index contributed by atoms with van der Waals surface area (Å²) in [4.78, 5) is 12.3. The number of carbonyl (C=O) groups is 1. The quantitative estimate of drug-likeness (QED) is 0.881. The Kier molecular flexibility index (Phi) is 4.56. The molecule has 0 heterocycles. The van der Waals surface area contributed by atoms with Crippen molar-refractivity contribution in [3.05, 3.63) is 29.3 Å². The van der Waals surface area contributed by atoms with Gasteiger partial charge in [-0.05, 0) is 49.3 Å². The Morgan fingerprint density at radius 3 is 2.70 bits per heavy atom. The standard InChI is InChI=1S/C16H21ClN2O3S/c1-23(21,22)19(14-4-2-3-13(17)9-14)10-16(20)18-15-8-11-5-6-12(15)7-11/h2-4,9,11-12,15H,5-8,10H2,1H3,(H,18,20)/t11-,12-,15+/m1/s1. The number of fused-ring (bicyclic) bond motifs is 2. The lowest BCUT2D eigenvalue weighted by Gasteiger charge is -2.26. The molecule has 0 spiro atoms. The first-order valence-corrected chi connectivity index (χ1v) is 10.1. The number of nitrogens with one attached hydrogen (secondary N) is 1. The zero-order chi connectivity index (χ0) is 16.6. The number of nitrogens with zero attached hydrogens (tertiary/aromatic N) is 1. The van der Waals surface area contributed by atoms with Gasteiger partial charge in [0.25, 0.3) is 0 Å². The lowest BCUT2D eigenvalue weighted by atomic mass is 9.95. The predicted molar refractivity (Wildman–Crippen MR) is 91.0 cm³/mol. The van der Waals surface area contributed by atoms with Gasteiger partial charge in [-0.1, -0.05) is 24.1 Å². The minimum Gasteiger partial charge on any atom is -0.352 e. The maximum absolute atomic E-state index is 12.3. The molecule has 0 radical (unpaired) electrons. The summed E-state index contributed by atoms with van der Waals surface area (Å²) in [5.74, 6) is 1.03. The van der Waals surface area contributed by atoms with Crippen LogP contribution in [0.2, 0.25) is 5.02 Å². The van der Waals surface area contributed by atoms with Gasteiger partial charge in [-0.25, -0.2) is 8.42 Å². The van der Waals surface area contributed by atoms with Gasteiger partial charge in [0, 0.05) is 11.1 Å². The molecule has 1 aromatic carbocycles. The van der Waals surface area contributed by atoms with Gasteiger partial charge in [-0.2, -0.15) is 0 Å². The van der Waals surface area contributed by atoms with E-state index in [1.54, 1.807) is 24.3 Å². The molecule has 1 N–H and O–H groups in total. The van der Waals surface area contributed by atoms with E-state index in [1.165, 1.54) is 19.3 Å². The number of benzene rings is 1. The lowest BCUT2D eigenvalue weighted by molar-refractivity contribution is -0.120. The van der Waals surface area contributed by atoms with Crippen LogP contribution in [-0.4, -0.2) is 33.2 Å². The zero-order valence-electron chi connectivity index (χ0n) is 13.0. The van der Waals surface area contributed by atoms with Crippen LogP contribution in [0, 0.1) is 11.8 Å². The Bertz CT molecular complexity index is 707. The van der Waals surface area contributed by atoms with Gasteiger partial charge in [-0.3, -0.25) is 9.10 Å². The van der Waals surface area contributed by atoms with Gasteiger partial charge < -0.3 is 5.32 Å². The number of anilines is 1. The van der Waals surface area contributed by atoms with E-state index >= 15 is 0 Å². The summed E-state index contributed by atoms with van der Waals surface area (Å²) in [6.45, 7) is -0.215. The molecule has 3 rings (SSSR count). The third kappa shape index (κ3) is 3.80. The molecule has 1 aromatic rings. The van der Waals surface area contributed by atoms with Gasteiger partial charge in [0.2, 0.25) is 15.9 Å².